The van der Waals surface area contributed by atoms with Crippen molar-refractivity contribution in [2.24, 2.45) is 5.14 Å². The van der Waals surface area contributed by atoms with Gasteiger partial charge in [-0.25, -0.2) is 18.4 Å². The second-order valence-corrected chi connectivity index (χ2v) is 6.56. The van der Waals surface area contributed by atoms with E-state index in [1.54, 1.807) is 12.1 Å². The van der Waals surface area contributed by atoms with Gasteiger partial charge in [-0.15, -0.1) is 0 Å². The lowest BCUT2D eigenvalue weighted by Gasteiger charge is -2.12. The van der Waals surface area contributed by atoms with Crippen molar-refractivity contribution in [2.75, 3.05) is 6.54 Å². The van der Waals surface area contributed by atoms with E-state index >= 15 is 0 Å². The Hall–Kier alpha value is -1.60. The molecule has 0 bridgehead atoms. The zero-order valence-electron chi connectivity index (χ0n) is 12.4. The number of benzene rings is 1. The summed E-state index contributed by atoms with van der Waals surface area (Å²) in [5, 5.41) is 10.6. The van der Waals surface area contributed by atoms with Crippen LogP contribution in [0.15, 0.2) is 29.2 Å². The Kier molecular flexibility index (Phi) is 6.64. The molecule has 118 valence electrons. The molecule has 21 heavy (non-hydrogen) atoms. The lowest BCUT2D eigenvalue weighted by Crippen LogP contribution is -2.40. The fourth-order valence-corrected chi connectivity index (χ4v) is 2.23. The van der Waals surface area contributed by atoms with E-state index in [4.69, 9.17) is 5.14 Å². The standard InChI is InChI=1S/C14H23N3O3S/c1-3-11(2)17-14(18)16-10-4-5-12-6-8-13(9-7-12)21(15,19)20/h6-9,11H,3-5,10H2,1-2H3,(H2,15,19,20)(H2,16,17,18). The van der Waals surface area contributed by atoms with E-state index in [2.05, 4.69) is 10.6 Å². The lowest BCUT2D eigenvalue weighted by molar-refractivity contribution is 0.237. The van der Waals surface area contributed by atoms with Crippen molar-refractivity contribution in [3.8, 4) is 0 Å². The molecule has 2 amide bonds. The molecule has 1 aromatic rings. The lowest BCUT2D eigenvalue weighted by atomic mass is 10.1. The number of hydrogen-bond donors (Lipinski definition) is 3. The van der Waals surface area contributed by atoms with Crippen LogP contribution in [-0.4, -0.2) is 27.0 Å². The molecule has 0 saturated heterocycles. The molecule has 1 aromatic carbocycles. The highest BCUT2D eigenvalue weighted by molar-refractivity contribution is 7.89. The summed E-state index contributed by atoms with van der Waals surface area (Å²) < 4.78 is 22.2. The van der Waals surface area contributed by atoms with Gasteiger partial charge in [-0.3, -0.25) is 0 Å². The number of rotatable bonds is 7. The maximum absolute atomic E-state index is 11.5. The van der Waals surface area contributed by atoms with Crippen molar-refractivity contribution in [1.82, 2.24) is 10.6 Å². The second kappa shape index (κ2) is 7.99. The van der Waals surface area contributed by atoms with Gasteiger partial charge in [-0.05, 0) is 43.9 Å². The smallest absolute Gasteiger partial charge is 0.314 e. The van der Waals surface area contributed by atoms with Gasteiger partial charge in [0.15, 0.2) is 0 Å². The fraction of sp³-hybridized carbons (Fsp3) is 0.500. The van der Waals surface area contributed by atoms with Gasteiger partial charge < -0.3 is 10.6 Å². The molecule has 1 unspecified atom stereocenters. The molecule has 0 saturated carbocycles. The molecule has 0 heterocycles. The second-order valence-electron chi connectivity index (χ2n) is 5.00. The number of aryl methyl sites for hydroxylation is 1. The highest BCUT2D eigenvalue weighted by Crippen LogP contribution is 2.10. The van der Waals surface area contributed by atoms with Crippen LogP contribution in [0.2, 0.25) is 0 Å². The van der Waals surface area contributed by atoms with Gasteiger partial charge in [-0.1, -0.05) is 19.1 Å². The first kappa shape index (κ1) is 17.5. The quantitative estimate of drug-likeness (QED) is 0.662. The van der Waals surface area contributed by atoms with E-state index in [1.165, 1.54) is 12.1 Å². The van der Waals surface area contributed by atoms with Crippen molar-refractivity contribution >= 4 is 16.1 Å². The number of sulfonamides is 1. The number of nitrogens with two attached hydrogens (primary N) is 1. The van der Waals surface area contributed by atoms with Crippen LogP contribution < -0.4 is 15.8 Å². The Labute approximate surface area is 126 Å². The number of amides is 2. The molecule has 0 aliphatic carbocycles. The van der Waals surface area contributed by atoms with Gasteiger partial charge in [0.1, 0.15) is 0 Å². The van der Waals surface area contributed by atoms with Gasteiger partial charge >= 0.3 is 6.03 Å². The molecular weight excluding hydrogens is 290 g/mol. The number of primary sulfonamides is 1. The first-order valence-corrected chi connectivity index (χ1v) is 8.53. The van der Waals surface area contributed by atoms with E-state index in [0.29, 0.717) is 6.54 Å². The number of nitrogens with one attached hydrogen (secondary N) is 2. The number of carbonyl (C=O) groups is 1. The molecular formula is C14H23N3O3S. The maximum atomic E-state index is 11.5. The Balaban J connectivity index is 2.32. The van der Waals surface area contributed by atoms with Crippen molar-refractivity contribution < 1.29 is 13.2 Å². The van der Waals surface area contributed by atoms with Crippen molar-refractivity contribution in [2.45, 2.75) is 44.0 Å². The summed E-state index contributed by atoms with van der Waals surface area (Å²) in [5.74, 6) is 0. The van der Waals surface area contributed by atoms with Crippen LogP contribution in [0.3, 0.4) is 0 Å². The Morgan fingerprint density at radius 2 is 1.90 bits per heavy atom. The average Bonchev–Trinajstić information content (AvgIpc) is 2.43. The summed E-state index contributed by atoms with van der Waals surface area (Å²) >= 11 is 0. The Morgan fingerprint density at radius 3 is 2.43 bits per heavy atom. The van der Waals surface area contributed by atoms with E-state index in [1.807, 2.05) is 13.8 Å². The van der Waals surface area contributed by atoms with Crippen LogP contribution >= 0.6 is 0 Å². The molecule has 0 radical (unpaired) electrons. The summed E-state index contributed by atoms with van der Waals surface area (Å²) in [5.41, 5.74) is 1.01. The van der Waals surface area contributed by atoms with Crippen molar-refractivity contribution in [1.29, 1.82) is 0 Å². The molecule has 1 atom stereocenters. The third kappa shape index (κ3) is 6.59. The summed E-state index contributed by atoms with van der Waals surface area (Å²) in [6.45, 7) is 4.53. The third-order valence-electron chi connectivity index (χ3n) is 3.17. The molecule has 4 N–H and O–H groups in total. The topological polar surface area (TPSA) is 101 Å². The molecule has 0 aromatic heterocycles. The average molecular weight is 313 g/mol. The fourth-order valence-electron chi connectivity index (χ4n) is 1.72. The maximum Gasteiger partial charge on any atom is 0.314 e. The summed E-state index contributed by atoms with van der Waals surface area (Å²) in [7, 11) is -3.64. The molecule has 0 fully saturated rings. The summed E-state index contributed by atoms with van der Waals surface area (Å²) in [6, 6.07) is 6.46. The molecule has 0 spiro atoms. The monoisotopic (exact) mass is 313 g/mol. The highest BCUT2D eigenvalue weighted by atomic mass is 32.2. The third-order valence-corrected chi connectivity index (χ3v) is 4.10. The SMILES string of the molecule is CCC(C)NC(=O)NCCCc1ccc(S(N)(=O)=O)cc1. The first-order valence-electron chi connectivity index (χ1n) is 6.99. The van der Waals surface area contributed by atoms with E-state index < -0.39 is 10.0 Å². The van der Waals surface area contributed by atoms with E-state index in [-0.39, 0.29) is 17.0 Å². The van der Waals surface area contributed by atoms with Gasteiger partial charge in [0.2, 0.25) is 10.0 Å². The van der Waals surface area contributed by atoms with Crippen LogP contribution in [0.1, 0.15) is 32.3 Å². The molecule has 1 rings (SSSR count). The zero-order valence-corrected chi connectivity index (χ0v) is 13.2. The first-order chi connectivity index (χ1) is 9.82. The normalized spacial score (nSPS) is 12.7. The van der Waals surface area contributed by atoms with Crippen LogP contribution in [0.5, 0.6) is 0 Å². The molecule has 0 aliphatic heterocycles. The van der Waals surface area contributed by atoms with Crippen LogP contribution in [0.4, 0.5) is 4.79 Å². The van der Waals surface area contributed by atoms with Gasteiger partial charge in [0.05, 0.1) is 4.90 Å². The minimum Gasteiger partial charge on any atom is -0.338 e. The van der Waals surface area contributed by atoms with Crippen molar-refractivity contribution in [3.05, 3.63) is 29.8 Å². The predicted molar refractivity (Wildman–Crippen MR) is 82.4 cm³/mol. The number of urea groups is 1. The van der Waals surface area contributed by atoms with Gasteiger partial charge in [0, 0.05) is 12.6 Å². The Bertz CT molecular complexity index is 555. The Morgan fingerprint density at radius 1 is 1.29 bits per heavy atom. The molecule has 6 nitrogen and oxygen atoms in total. The van der Waals surface area contributed by atoms with Gasteiger partial charge in [-0.2, -0.15) is 0 Å². The summed E-state index contributed by atoms with van der Waals surface area (Å²) in [4.78, 5) is 11.6. The minimum atomic E-state index is -3.64. The number of hydrogen-bond acceptors (Lipinski definition) is 3. The van der Waals surface area contributed by atoms with E-state index in [0.717, 1.165) is 24.8 Å². The van der Waals surface area contributed by atoms with Crippen LogP contribution in [0.25, 0.3) is 0 Å². The van der Waals surface area contributed by atoms with Crippen molar-refractivity contribution in [3.63, 3.8) is 0 Å². The predicted octanol–water partition coefficient (Wildman–Crippen LogP) is 1.36. The molecule has 7 heteroatoms. The minimum absolute atomic E-state index is 0.109. The zero-order chi connectivity index (χ0) is 15.9. The summed E-state index contributed by atoms with van der Waals surface area (Å²) in [6.07, 6.45) is 2.43. The van der Waals surface area contributed by atoms with Crippen LogP contribution in [0, 0.1) is 0 Å². The largest absolute Gasteiger partial charge is 0.338 e. The molecule has 0 aliphatic rings. The highest BCUT2D eigenvalue weighted by Gasteiger charge is 2.07. The number of carbonyl (C=O) groups excluding carboxylic acids is 1. The van der Waals surface area contributed by atoms with Crippen LogP contribution in [-0.2, 0) is 16.4 Å². The van der Waals surface area contributed by atoms with E-state index in [9.17, 15) is 13.2 Å². The van der Waals surface area contributed by atoms with Gasteiger partial charge in [0.25, 0.3) is 0 Å².